The van der Waals surface area contributed by atoms with Crippen LogP contribution in [-0.2, 0) is 4.74 Å². The van der Waals surface area contributed by atoms with E-state index in [-0.39, 0.29) is 24.0 Å². The average molecular weight is 329 g/mol. The summed E-state index contributed by atoms with van der Waals surface area (Å²) in [6.45, 7) is 4.78. The van der Waals surface area contributed by atoms with Crippen molar-refractivity contribution in [3.05, 3.63) is 0 Å². The Morgan fingerprint density at radius 3 is 2.47 bits per heavy atom. The topological polar surface area (TPSA) is 45.6 Å². The third-order valence-electron chi connectivity index (χ3n) is 1.86. The highest BCUT2D eigenvalue weighted by molar-refractivity contribution is 14.0. The molecule has 0 fully saturated rings. The Bertz CT molecular complexity index is 154. The fourth-order valence-corrected chi connectivity index (χ4v) is 1.01. The minimum absolute atomic E-state index is 0. The molecular weight excluding hydrogens is 305 g/mol. The minimum Gasteiger partial charge on any atom is -0.381 e. The number of ether oxygens (including phenoxy) is 1. The standard InChI is InChI=1S/C10H23N3O.HI/c1-4-5-8-14-9-6-7-13-10(11-2)12-3;/h4-9H2,1-3H3,(H2,11,12,13);1H. The van der Waals surface area contributed by atoms with Crippen LogP contribution in [0.1, 0.15) is 26.2 Å². The highest BCUT2D eigenvalue weighted by Crippen LogP contribution is 1.88. The molecule has 4 nitrogen and oxygen atoms in total. The molecular formula is C10H24IN3O. The van der Waals surface area contributed by atoms with E-state index in [0.29, 0.717) is 0 Å². The van der Waals surface area contributed by atoms with Crippen molar-refractivity contribution in [1.82, 2.24) is 10.6 Å². The summed E-state index contributed by atoms with van der Waals surface area (Å²) in [5, 5.41) is 6.13. The number of nitrogens with one attached hydrogen (secondary N) is 2. The quantitative estimate of drug-likeness (QED) is 0.323. The Morgan fingerprint density at radius 1 is 1.27 bits per heavy atom. The second kappa shape index (κ2) is 14.0. The Kier molecular flexibility index (Phi) is 16.2. The van der Waals surface area contributed by atoms with E-state index in [1.165, 1.54) is 6.42 Å². The van der Waals surface area contributed by atoms with E-state index >= 15 is 0 Å². The van der Waals surface area contributed by atoms with Crippen LogP contribution in [0.3, 0.4) is 0 Å². The predicted molar refractivity (Wildman–Crippen MR) is 76.2 cm³/mol. The first-order valence-corrected chi connectivity index (χ1v) is 5.31. The van der Waals surface area contributed by atoms with E-state index in [2.05, 4.69) is 22.5 Å². The lowest BCUT2D eigenvalue weighted by molar-refractivity contribution is 0.129. The number of nitrogens with zero attached hydrogens (tertiary/aromatic N) is 1. The largest absolute Gasteiger partial charge is 0.381 e. The highest BCUT2D eigenvalue weighted by atomic mass is 127. The van der Waals surface area contributed by atoms with Crippen LogP contribution < -0.4 is 10.6 Å². The lowest BCUT2D eigenvalue weighted by atomic mass is 10.4. The van der Waals surface area contributed by atoms with Crippen LogP contribution in [0.4, 0.5) is 0 Å². The molecule has 0 aliphatic carbocycles. The zero-order valence-corrected chi connectivity index (χ0v) is 12.3. The number of hydrogen-bond acceptors (Lipinski definition) is 2. The van der Waals surface area contributed by atoms with Crippen molar-refractivity contribution in [2.45, 2.75) is 26.2 Å². The lowest BCUT2D eigenvalue weighted by Crippen LogP contribution is -2.35. The number of guanidine groups is 1. The lowest BCUT2D eigenvalue weighted by Gasteiger charge is -2.08. The summed E-state index contributed by atoms with van der Waals surface area (Å²) in [5.74, 6) is 0.832. The van der Waals surface area contributed by atoms with Gasteiger partial charge in [-0.2, -0.15) is 0 Å². The van der Waals surface area contributed by atoms with Crippen LogP contribution >= 0.6 is 24.0 Å². The first-order chi connectivity index (χ1) is 6.85. The van der Waals surface area contributed by atoms with Crippen LogP contribution in [0, 0.1) is 0 Å². The van der Waals surface area contributed by atoms with Gasteiger partial charge in [-0.1, -0.05) is 13.3 Å². The van der Waals surface area contributed by atoms with Crippen molar-refractivity contribution in [2.24, 2.45) is 4.99 Å². The fraction of sp³-hybridized carbons (Fsp3) is 0.900. The smallest absolute Gasteiger partial charge is 0.190 e. The number of unbranched alkanes of at least 4 members (excludes halogenated alkanes) is 1. The zero-order chi connectivity index (χ0) is 10.6. The van der Waals surface area contributed by atoms with Crippen molar-refractivity contribution in [1.29, 1.82) is 0 Å². The number of aliphatic imine (C=N–C) groups is 1. The van der Waals surface area contributed by atoms with Gasteiger partial charge in [-0.25, -0.2) is 0 Å². The van der Waals surface area contributed by atoms with E-state index in [4.69, 9.17) is 4.74 Å². The highest BCUT2D eigenvalue weighted by Gasteiger charge is 1.92. The van der Waals surface area contributed by atoms with Gasteiger partial charge in [0.05, 0.1) is 0 Å². The summed E-state index contributed by atoms with van der Waals surface area (Å²) < 4.78 is 5.42. The number of halogens is 1. The predicted octanol–water partition coefficient (Wildman–Crippen LogP) is 1.61. The van der Waals surface area contributed by atoms with Gasteiger partial charge in [0.1, 0.15) is 0 Å². The van der Waals surface area contributed by atoms with Crippen molar-refractivity contribution in [2.75, 3.05) is 33.9 Å². The van der Waals surface area contributed by atoms with Gasteiger partial charge in [-0.3, -0.25) is 4.99 Å². The number of hydrogen-bond donors (Lipinski definition) is 2. The van der Waals surface area contributed by atoms with Crippen molar-refractivity contribution in [3.8, 4) is 0 Å². The molecule has 0 aliphatic rings. The molecule has 0 aromatic carbocycles. The van der Waals surface area contributed by atoms with Gasteiger partial charge < -0.3 is 15.4 Å². The maximum atomic E-state index is 5.42. The SMILES string of the molecule is CCCCOCCCNC(=NC)NC.I. The Balaban J connectivity index is 0. The van der Waals surface area contributed by atoms with Crippen molar-refractivity contribution >= 4 is 29.9 Å². The van der Waals surface area contributed by atoms with Gasteiger partial charge in [0, 0.05) is 33.9 Å². The van der Waals surface area contributed by atoms with Crippen LogP contribution in [-0.4, -0.2) is 39.8 Å². The minimum atomic E-state index is 0. The molecule has 0 aromatic rings. The Hall–Kier alpha value is -0.0400. The molecule has 5 heteroatoms. The van der Waals surface area contributed by atoms with Gasteiger partial charge in [-0.05, 0) is 12.8 Å². The summed E-state index contributed by atoms with van der Waals surface area (Å²) in [6, 6.07) is 0. The third kappa shape index (κ3) is 11.9. The monoisotopic (exact) mass is 329 g/mol. The van der Waals surface area contributed by atoms with E-state index in [9.17, 15) is 0 Å². The van der Waals surface area contributed by atoms with Gasteiger partial charge in [0.15, 0.2) is 5.96 Å². The molecule has 0 unspecified atom stereocenters. The molecule has 0 aliphatic heterocycles. The Morgan fingerprint density at radius 2 is 1.93 bits per heavy atom. The zero-order valence-electron chi connectivity index (χ0n) is 10.0. The van der Waals surface area contributed by atoms with E-state index < -0.39 is 0 Å². The van der Waals surface area contributed by atoms with Crippen LogP contribution in [0.5, 0.6) is 0 Å². The van der Waals surface area contributed by atoms with Gasteiger partial charge in [-0.15, -0.1) is 24.0 Å². The average Bonchev–Trinajstić information content (AvgIpc) is 2.22. The molecule has 0 rings (SSSR count). The van der Waals surface area contributed by atoms with E-state index in [0.717, 1.165) is 38.6 Å². The van der Waals surface area contributed by atoms with Gasteiger partial charge >= 0.3 is 0 Å². The van der Waals surface area contributed by atoms with E-state index in [1.807, 2.05) is 7.05 Å². The Labute approximate surface area is 110 Å². The molecule has 0 bridgehead atoms. The normalized spacial score (nSPS) is 10.7. The first kappa shape index (κ1) is 17.4. The molecule has 0 spiro atoms. The third-order valence-corrected chi connectivity index (χ3v) is 1.86. The van der Waals surface area contributed by atoms with Crippen molar-refractivity contribution < 1.29 is 4.74 Å². The van der Waals surface area contributed by atoms with E-state index in [1.54, 1.807) is 7.05 Å². The maximum absolute atomic E-state index is 5.42. The molecule has 0 amide bonds. The van der Waals surface area contributed by atoms with Crippen LogP contribution in [0.2, 0.25) is 0 Å². The molecule has 0 saturated carbocycles. The van der Waals surface area contributed by atoms with Gasteiger partial charge in [0.2, 0.25) is 0 Å². The second-order valence-corrected chi connectivity index (χ2v) is 3.07. The van der Waals surface area contributed by atoms with Crippen LogP contribution in [0.15, 0.2) is 4.99 Å². The maximum Gasteiger partial charge on any atom is 0.190 e. The molecule has 2 N–H and O–H groups in total. The van der Waals surface area contributed by atoms with Crippen molar-refractivity contribution in [3.63, 3.8) is 0 Å². The van der Waals surface area contributed by atoms with Crippen LogP contribution in [0.25, 0.3) is 0 Å². The molecule has 92 valence electrons. The fourth-order valence-electron chi connectivity index (χ4n) is 1.01. The van der Waals surface area contributed by atoms with Gasteiger partial charge in [0.25, 0.3) is 0 Å². The molecule has 0 heterocycles. The summed E-state index contributed by atoms with van der Waals surface area (Å²) in [7, 11) is 3.61. The summed E-state index contributed by atoms with van der Waals surface area (Å²) >= 11 is 0. The molecule has 15 heavy (non-hydrogen) atoms. The summed E-state index contributed by atoms with van der Waals surface area (Å²) in [6.07, 6.45) is 3.38. The molecule has 0 saturated heterocycles. The number of rotatable bonds is 7. The first-order valence-electron chi connectivity index (χ1n) is 5.31. The second-order valence-electron chi connectivity index (χ2n) is 3.07. The molecule has 0 atom stereocenters. The summed E-state index contributed by atoms with van der Waals surface area (Å²) in [4.78, 5) is 4.01. The summed E-state index contributed by atoms with van der Waals surface area (Å²) in [5.41, 5.74) is 0. The molecule has 0 radical (unpaired) electrons. The molecule has 0 aromatic heterocycles.